The lowest BCUT2D eigenvalue weighted by Gasteiger charge is -2.13. The fourth-order valence-corrected chi connectivity index (χ4v) is 2.38. The number of rotatable bonds is 5. The van der Waals surface area contributed by atoms with E-state index < -0.39 is 0 Å². The van der Waals surface area contributed by atoms with Crippen LogP contribution in [-0.4, -0.2) is 14.8 Å². The van der Waals surface area contributed by atoms with Gasteiger partial charge in [-0.05, 0) is 30.5 Å². The van der Waals surface area contributed by atoms with E-state index in [1.165, 1.54) is 5.56 Å². The molecule has 0 spiro atoms. The second-order valence-corrected chi connectivity index (χ2v) is 5.03. The first-order chi connectivity index (χ1) is 10.3. The summed E-state index contributed by atoms with van der Waals surface area (Å²) in [4.78, 5) is 0. The monoisotopic (exact) mass is 278 g/mol. The fourth-order valence-electron chi connectivity index (χ4n) is 2.38. The van der Waals surface area contributed by atoms with Gasteiger partial charge in [0, 0.05) is 5.69 Å². The molecule has 0 radical (unpaired) electrons. The van der Waals surface area contributed by atoms with Crippen molar-refractivity contribution in [3.05, 3.63) is 78.4 Å². The highest BCUT2D eigenvalue weighted by molar-refractivity contribution is 5.32. The highest BCUT2D eigenvalue weighted by atomic mass is 15.3. The number of nitrogens with two attached hydrogens (primary N) is 1. The molecular formula is C17H18N4. The summed E-state index contributed by atoms with van der Waals surface area (Å²) in [7, 11) is 0. The molecule has 4 heteroatoms. The second kappa shape index (κ2) is 6.33. The summed E-state index contributed by atoms with van der Waals surface area (Å²) in [5.74, 6) is 0.803. The van der Waals surface area contributed by atoms with Gasteiger partial charge in [-0.15, -0.1) is 10.2 Å². The van der Waals surface area contributed by atoms with Crippen LogP contribution in [0.2, 0.25) is 0 Å². The number of nitrogens with zero attached hydrogens (tertiary/aromatic N) is 3. The Labute approximate surface area is 124 Å². The molecule has 3 aromatic rings. The maximum atomic E-state index is 6.30. The van der Waals surface area contributed by atoms with E-state index in [9.17, 15) is 0 Å². The van der Waals surface area contributed by atoms with Gasteiger partial charge in [0.2, 0.25) is 0 Å². The van der Waals surface area contributed by atoms with Crippen molar-refractivity contribution < 1.29 is 0 Å². The molecule has 2 aromatic carbocycles. The molecule has 3 rings (SSSR count). The molecular weight excluding hydrogens is 260 g/mol. The third-order valence-electron chi connectivity index (χ3n) is 3.53. The van der Waals surface area contributed by atoms with Crippen molar-refractivity contribution in [1.29, 1.82) is 0 Å². The molecule has 1 atom stereocenters. The second-order valence-electron chi connectivity index (χ2n) is 5.03. The first-order valence-electron chi connectivity index (χ1n) is 7.09. The van der Waals surface area contributed by atoms with Crippen LogP contribution in [-0.2, 0) is 6.42 Å². The van der Waals surface area contributed by atoms with Crippen LogP contribution in [0.1, 0.15) is 23.9 Å². The topological polar surface area (TPSA) is 56.7 Å². The van der Waals surface area contributed by atoms with Gasteiger partial charge < -0.3 is 5.73 Å². The van der Waals surface area contributed by atoms with E-state index in [0.29, 0.717) is 0 Å². The first-order valence-corrected chi connectivity index (χ1v) is 7.09. The third-order valence-corrected chi connectivity index (χ3v) is 3.53. The zero-order chi connectivity index (χ0) is 14.5. The Hall–Kier alpha value is -2.46. The zero-order valence-electron chi connectivity index (χ0n) is 11.8. The number of benzene rings is 2. The minimum atomic E-state index is -0.132. The molecule has 1 heterocycles. The third kappa shape index (κ3) is 3.17. The Morgan fingerprint density at radius 3 is 2.33 bits per heavy atom. The quantitative estimate of drug-likeness (QED) is 0.780. The molecule has 106 valence electrons. The van der Waals surface area contributed by atoms with Crippen LogP contribution in [0.5, 0.6) is 0 Å². The van der Waals surface area contributed by atoms with E-state index in [4.69, 9.17) is 5.73 Å². The fraction of sp³-hybridized carbons (Fsp3) is 0.176. The van der Waals surface area contributed by atoms with E-state index in [1.807, 2.05) is 53.1 Å². The molecule has 4 nitrogen and oxygen atoms in total. The van der Waals surface area contributed by atoms with Crippen molar-refractivity contribution in [3.8, 4) is 5.69 Å². The summed E-state index contributed by atoms with van der Waals surface area (Å²) in [5.41, 5.74) is 8.63. The Morgan fingerprint density at radius 1 is 0.952 bits per heavy atom. The molecule has 0 bridgehead atoms. The summed E-state index contributed by atoms with van der Waals surface area (Å²) in [6.45, 7) is 0. The number of aromatic nitrogens is 3. The molecule has 0 amide bonds. The van der Waals surface area contributed by atoms with Crippen LogP contribution in [0, 0.1) is 0 Å². The van der Waals surface area contributed by atoms with Crippen LogP contribution >= 0.6 is 0 Å². The largest absolute Gasteiger partial charge is 0.321 e. The SMILES string of the molecule is N[C@@H](CCc1ccccc1)c1nncn1-c1ccccc1. The Kier molecular flexibility index (Phi) is 4.07. The predicted molar refractivity (Wildman–Crippen MR) is 83.1 cm³/mol. The van der Waals surface area contributed by atoms with Crippen molar-refractivity contribution in [2.75, 3.05) is 0 Å². The number of aryl methyl sites for hydroxylation is 1. The minimum Gasteiger partial charge on any atom is -0.321 e. The van der Waals surface area contributed by atoms with E-state index in [2.05, 4.69) is 22.3 Å². The van der Waals surface area contributed by atoms with Gasteiger partial charge in [0.15, 0.2) is 5.82 Å². The van der Waals surface area contributed by atoms with Gasteiger partial charge in [0.1, 0.15) is 6.33 Å². The smallest absolute Gasteiger partial charge is 0.154 e. The van der Waals surface area contributed by atoms with Gasteiger partial charge in [-0.25, -0.2) is 0 Å². The van der Waals surface area contributed by atoms with Gasteiger partial charge >= 0.3 is 0 Å². The number of para-hydroxylation sites is 1. The average Bonchev–Trinajstić information content (AvgIpc) is 3.04. The van der Waals surface area contributed by atoms with E-state index >= 15 is 0 Å². The lowest BCUT2D eigenvalue weighted by Crippen LogP contribution is -2.16. The lowest BCUT2D eigenvalue weighted by atomic mass is 10.1. The highest BCUT2D eigenvalue weighted by Crippen LogP contribution is 2.18. The normalized spacial score (nSPS) is 12.2. The van der Waals surface area contributed by atoms with Crippen molar-refractivity contribution in [1.82, 2.24) is 14.8 Å². The summed E-state index contributed by atoms with van der Waals surface area (Å²) < 4.78 is 1.95. The summed E-state index contributed by atoms with van der Waals surface area (Å²) in [5, 5.41) is 8.20. The zero-order valence-corrected chi connectivity index (χ0v) is 11.8. The average molecular weight is 278 g/mol. The van der Waals surface area contributed by atoms with Crippen molar-refractivity contribution in [3.63, 3.8) is 0 Å². The van der Waals surface area contributed by atoms with Gasteiger partial charge in [-0.3, -0.25) is 4.57 Å². The summed E-state index contributed by atoms with van der Waals surface area (Å²) in [6, 6.07) is 20.3. The highest BCUT2D eigenvalue weighted by Gasteiger charge is 2.14. The number of hydrogen-bond acceptors (Lipinski definition) is 3. The Morgan fingerprint density at radius 2 is 1.62 bits per heavy atom. The molecule has 0 unspecified atom stereocenters. The lowest BCUT2D eigenvalue weighted by molar-refractivity contribution is 0.600. The van der Waals surface area contributed by atoms with Crippen LogP contribution in [0.3, 0.4) is 0 Å². The van der Waals surface area contributed by atoms with Crippen LogP contribution < -0.4 is 5.73 Å². The van der Waals surface area contributed by atoms with Gasteiger partial charge in [0.05, 0.1) is 6.04 Å². The van der Waals surface area contributed by atoms with Crippen LogP contribution in [0.25, 0.3) is 5.69 Å². The molecule has 0 aliphatic rings. The molecule has 0 saturated heterocycles. The molecule has 0 aliphatic carbocycles. The number of hydrogen-bond donors (Lipinski definition) is 1. The molecule has 0 fully saturated rings. The van der Waals surface area contributed by atoms with Gasteiger partial charge in [-0.2, -0.15) is 0 Å². The molecule has 0 saturated carbocycles. The van der Waals surface area contributed by atoms with E-state index in [1.54, 1.807) is 6.33 Å². The maximum Gasteiger partial charge on any atom is 0.154 e. The van der Waals surface area contributed by atoms with E-state index in [0.717, 1.165) is 24.4 Å². The van der Waals surface area contributed by atoms with Crippen molar-refractivity contribution in [2.45, 2.75) is 18.9 Å². The summed E-state index contributed by atoms with van der Waals surface area (Å²) in [6.07, 6.45) is 3.49. The molecule has 1 aromatic heterocycles. The van der Waals surface area contributed by atoms with Gasteiger partial charge in [0.25, 0.3) is 0 Å². The van der Waals surface area contributed by atoms with Crippen LogP contribution in [0.4, 0.5) is 0 Å². The van der Waals surface area contributed by atoms with Crippen LogP contribution in [0.15, 0.2) is 67.0 Å². The molecule has 0 aliphatic heterocycles. The molecule has 21 heavy (non-hydrogen) atoms. The van der Waals surface area contributed by atoms with E-state index in [-0.39, 0.29) is 6.04 Å². The minimum absolute atomic E-state index is 0.132. The Balaban J connectivity index is 1.74. The predicted octanol–water partition coefficient (Wildman–Crippen LogP) is 2.90. The Bertz CT molecular complexity index is 676. The standard InChI is InChI=1S/C17H18N4/c18-16(12-11-14-7-3-1-4-8-14)17-20-19-13-21(17)15-9-5-2-6-10-15/h1-10,13,16H,11-12,18H2/t16-/m0/s1. The van der Waals surface area contributed by atoms with Crippen molar-refractivity contribution >= 4 is 0 Å². The summed E-state index contributed by atoms with van der Waals surface area (Å²) >= 11 is 0. The first kappa shape index (κ1) is 13.5. The molecule has 2 N–H and O–H groups in total. The maximum absolute atomic E-state index is 6.30. The van der Waals surface area contributed by atoms with Crippen molar-refractivity contribution in [2.24, 2.45) is 5.73 Å². The van der Waals surface area contributed by atoms with Gasteiger partial charge in [-0.1, -0.05) is 48.5 Å².